The first-order valence-electron chi connectivity index (χ1n) is 6.21. The van der Waals surface area contributed by atoms with Crippen molar-refractivity contribution in [3.05, 3.63) is 12.2 Å². The summed E-state index contributed by atoms with van der Waals surface area (Å²) in [5.41, 5.74) is 1.05. The van der Waals surface area contributed by atoms with Gasteiger partial charge < -0.3 is 5.32 Å². The highest BCUT2D eigenvalue weighted by atomic mass is 32.2. The zero-order chi connectivity index (χ0) is 13.8. The van der Waals surface area contributed by atoms with E-state index in [4.69, 9.17) is 0 Å². The van der Waals surface area contributed by atoms with E-state index < -0.39 is 9.84 Å². The molecule has 18 heavy (non-hydrogen) atoms. The number of nitrogens with one attached hydrogen (secondary N) is 1. The average molecular weight is 292 g/mol. The molecule has 1 heterocycles. The molecule has 1 aliphatic rings. The van der Waals surface area contributed by atoms with Crippen LogP contribution < -0.4 is 5.32 Å². The van der Waals surface area contributed by atoms with Crippen molar-refractivity contribution in [3.8, 4) is 0 Å². The largest absolute Gasteiger partial charge is 0.311 e. The summed E-state index contributed by atoms with van der Waals surface area (Å²) >= 11 is 1.71. The van der Waals surface area contributed by atoms with Crippen molar-refractivity contribution in [1.29, 1.82) is 0 Å². The van der Waals surface area contributed by atoms with Crippen LogP contribution in [0.1, 0.15) is 13.8 Å². The highest BCUT2D eigenvalue weighted by Crippen LogP contribution is 2.20. The second-order valence-corrected chi connectivity index (χ2v) is 8.47. The van der Waals surface area contributed by atoms with Gasteiger partial charge in [0.1, 0.15) is 5.37 Å². The molecule has 0 aliphatic carbocycles. The standard InChI is InChI=1S/C12H24N2O2S2/c1-10(2)13-7-11(3)8-14-5-6-17-9-12(14)18(4,15)16/h10,12-13H,3,5-9H2,1-2,4H3. The Morgan fingerprint density at radius 1 is 1.56 bits per heavy atom. The van der Waals surface area contributed by atoms with Crippen LogP contribution in [0.5, 0.6) is 0 Å². The number of sulfone groups is 1. The second kappa shape index (κ2) is 6.93. The van der Waals surface area contributed by atoms with Crippen molar-refractivity contribution in [1.82, 2.24) is 10.2 Å². The zero-order valence-electron chi connectivity index (χ0n) is 11.5. The lowest BCUT2D eigenvalue weighted by atomic mass is 10.2. The Kier molecular flexibility index (Phi) is 6.17. The molecular formula is C12H24N2O2S2. The van der Waals surface area contributed by atoms with Crippen molar-refractivity contribution >= 4 is 21.6 Å². The van der Waals surface area contributed by atoms with Crippen LogP contribution in [0.25, 0.3) is 0 Å². The summed E-state index contributed by atoms with van der Waals surface area (Å²) < 4.78 is 23.5. The van der Waals surface area contributed by atoms with Crippen LogP contribution in [0.2, 0.25) is 0 Å². The van der Waals surface area contributed by atoms with E-state index >= 15 is 0 Å². The predicted molar refractivity (Wildman–Crippen MR) is 79.8 cm³/mol. The van der Waals surface area contributed by atoms with Crippen LogP contribution in [-0.2, 0) is 9.84 Å². The lowest BCUT2D eigenvalue weighted by molar-refractivity contribution is 0.290. The van der Waals surface area contributed by atoms with E-state index in [-0.39, 0.29) is 5.37 Å². The van der Waals surface area contributed by atoms with Gasteiger partial charge in [-0.3, -0.25) is 4.90 Å². The lowest BCUT2D eigenvalue weighted by Crippen LogP contribution is -2.48. The maximum atomic E-state index is 11.7. The molecule has 0 aromatic carbocycles. The zero-order valence-corrected chi connectivity index (χ0v) is 13.1. The van der Waals surface area contributed by atoms with Crippen LogP contribution in [0.3, 0.4) is 0 Å². The summed E-state index contributed by atoms with van der Waals surface area (Å²) in [5.74, 6) is 1.67. The van der Waals surface area contributed by atoms with Crippen molar-refractivity contribution in [2.75, 3.05) is 37.4 Å². The minimum Gasteiger partial charge on any atom is -0.311 e. The minimum atomic E-state index is -3.01. The van der Waals surface area contributed by atoms with Crippen LogP contribution in [0.15, 0.2) is 12.2 Å². The average Bonchev–Trinajstić information content (AvgIpc) is 2.25. The third-order valence-corrected chi connectivity index (χ3v) is 5.56. The van der Waals surface area contributed by atoms with Gasteiger partial charge in [0.25, 0.3) is 0 Å². The summed E-state index contributed by atoms with van der Waals surface area (Å²) in [6.07, 6.45) is 1.33. The molecule has 1 unspecified atom stereocenters. The van der Waals surface area contributed by atoms with Gasteiger partial charge in [-0.1, -0.05) is 20.4 Å². The molecule has 0 saturated carbocycles. The topological polar surface area (TPSA) is 49.4 Å². The number of rotatable bonds is 6. The first kappa shape index (κ1) is 16.0. The molecular weight excluding hydrogens is 268 g/mol. The number of hydrogen-bond donors (Lipinski definition) is 1. The molecule has 0 aromatic heterocycles. The van der Waals surface area contributed by atoms with E-state index in [0.717, 1.165) is 24.4 Å². The molecule has 1 saturated heterocycles. The lowest BCUT2D eigenvalue weighted by Gasteiger charge is -2.34. The molecule has 6 heteroatoms. The van der Waals surface area contributed by atoms with Crippen LogP contribution in [0.4, 0.5) is 0 Å². The number of nitrogens with zero attached hydrogens (tertiary/aromatic N) is 1. The highest BCUT2D eigenvalue weighted by molar-refractivity contribution is 8.00. The first-order chi connectivity index (χ1) is 8.30. The van der Waals surface area contributed by atoms with Crippen molar-refractivity contribution in [2.24, 2.45) is 0 Å². The maximum absolute atomic E-state index is 11.7. The molecule has 1 aliphatic heterocycles. The van der Waals surface area contributed by atoms with Gasteiger partial charge in [-0.05, 0) is 5.57 Å². The van der Waals surface area contributed by atoms with E-state index in [1.54, 1.807) is 11.8 Å². The van der Waals surface area contributed by atoms with E-state index in [2.05, 4.69) is 25.7 Å². The molecule has 1 fully saturated rings. The summed E-state index contributed by atoms with van der Waals surface area (Å²) in [5, 5.41) is 2.95. The van der Waals surface area contributed by atoms with Gasteiger partial charge in [0, 0.05) is 43.4 Å². The van der Waals surface area contributed by atoms with Gasteiger partial charge >= 0.3 is 0 Å². The maximum Gasteiger partial charge on any atom is 0.164 e. The molecule has 0 bridgehead atoms. The Bertz CT molecular complexity index is 380. The highest BCUT2D eigenvalue weighted by Gasteiger charge is 2.30. The van der Waals surface area contributed by atoms with Crippen LogP contribution >= 0.6 is 11.8 Å². The van der Waals surface area contributed by atoms with Crippen LogP contribution in [0, 0.1) is 0 Å². The van der Waals surface area contributed by atoms with E-state index in [9.17, 15) is 8.42 Å². The molecule has 0 radical (unpaired) electrons. The fourth-order valence-corrected chi connectivity index (χ4v) is 4.82. The third-order valence-electron chi connectivity index (χ3n) is 2.87. The predicted octanol–water partition coefficient (Wildman–Crippen LogP) is 0.960. The fourth-order valence-electron chi connectivity index (χ4n) is 1.88. The summed E-state index contributed by atoms with van der Waals surface area (Å²) in [6.45, 7) is 10.4. The number of hydrogen-bond acceptors (Lipinski definition) is 5. The Morgan fingerprint density at radius 3 is 2.78 bits per heavy atom. The Hall–Kier alpha value is -0.0400. The van der Waals surface area contributed by atoms with Gasteiger partial charge in [0.05, 0.1) is 0 Å². The SMILES string of the molecule is C=C(CNC(C)C)CN1CCSCC1S(C)(=O)=O. The van der Waals surface area contributed by atoms with Gasteiger partial charge in [0.15, 0.2) is 9.84 Å². The number of thioether (sulfide) groups is 1. The second-order valence-electron chi connectivity index (χ2n) is 5.12. The van der Waals surface area contributed by atoms with Gasteiger partial charge in [-0.15, -0.1) is 0 Å². The van der Waals surface area contributed by atoms with Crippen LogP contribution in [-0.4, -0.2) is 62.1 Å². The smallest absolute Gasteiger partial charge is 0.164 e. The molecule has 1 rings (SSSR count). The first-order valence-corrected chi connectivity index (χ1v) is 9.32. The molecule has 0 amide bonds. The molecule has 1 atom stereocenters. The fraction of sp³-hybridized carbons (Fsp3) is 0.833. The normalized spacial score (nSPS) is 22.3. The molecule has 4 nitrogen and oxygen atoms in total. The van der Waals surface area contributed by atoms with Gasteiger partial charge in [-0.2, -0.15) is 11.8 Å². The summed E-state index contributed by atoms with van der Waals surface area (Å²) in [7, 11) is -3.01. The summed E-state index contributed by atoms with van der Waals surface area (Å²) in [6, 6.07) is 0.421. The molecule has 106 valence electrons. The van der Waals surface area contributed by atoms with Crippen molar-refractivity contribution < 1.29 is 8.42 Å². The van der Waals surface area contributed by atoms with Crippen molar-refractivity contribution in [3.63, 3.8) is 0 Å². The molecule has 0 spiro atoms. The quantitative estimate of drug-likeness (QED) is 0.739. The van der Waals surface area contributed by atoms with E-state index in [1.165, 1.54) is 6.26 Å². The van der Waals surface area contributed by atoms with Crippen molar-refractivity contribution in [2.45, 2.75) is 25.3 Å². The molecule has 1 N–H and O–H groups in total. The molecule has 0 aromatic rings. The van der Waals surface area contributed by atoms with Gasteiger partial charge in [0.2, 0.25) is 0 Å². The Balaban J connectivity index is 2.55. The monoisotopic (exact) mass is 292 g/mol. The third kappa shape index (κ3) is 5.30. The Morgan fingerprint density at radius 2 is 2.22 bits per heavy atom. The van der Waals surface area contributed by atoms with Gasteiger partial charge in [-0.25, -0.2) is 8.42 Å². The van der Waals surface area contributed by atoms with E-state index in [0.29, 0.717) is 18.3 Å². The van der Waals surface area contributed by atoms with E-state index in [1.807, 2.05) is 4.90 Å². The summed E-state index contributed by atoms with van der Waals surface area (Å²) in [4.78, 5) is 2.04. The Labute approximate surface area is 115 Å². The minimum absolute atomic E-state index is 0.355.